The number of nitrogens with one attached hydrogen (secondary N) is 2. The number of hydrogen-bond acceptors (Lipinski definition) is 9. The van der Waals surface area contributed by atoms with E-state index in [9.17, 15) is 25.8 Å². The number of aromatic nitrogens is 1. The van der Waals surface area contributed by atoms with E-state index in [-0.39, 0.29) is 12.2 Å². The second-order valence-corrected chi connectivity index (χ2v) is 20.0. The van der Waals surface area contributed by atoms with Crippen LogP contribution in [0.3, 0.4) is 0 Å². The van der Waals surface area contributed by atoms with Gasteiger partial charge in [0.15, 0.2) is 0 Å². The van der Waals surface area contributed by atoms with Crippen LogP contribution in [0.25, 0.3) is 22.4 Å². The number of hydrogen-bond donors (Lipinski definition) is 2. The van der Waals surface area contributed by atoms with E-state index in [1.165, 1.54) is 17.8 Å². The molecule has 1 aliphatic heterocycles. The Balaban J connectivity index is 1.000. The molecule has 1 fully saturated rings. The van der Waals surface area contributed by atoms with Gasteiger partial charge in [-0.15, -0.1) is 11.8 Å². The third-order valence-electron chi connectivity index (χ3n) is 10.5. The zero-order chi connectivity index (χ0) is 43.3. The molecule has 1 unspecified atom stereocenters. The zero-order valence-corrected chi connectivity index (χ0v) is 37.7. The lowest BCUT2D eigenvalue weighted by Crippen LogP contribution is -2.46. The topological polar surface area (TPSA) is 86.7 Å². The molecule has 0 saturated carbocycles. The van der Waals surface area contributed by atoms with Crippen molar-refractivity contribution < 1.29 is 25.8 Å². The number of thioether (sulfide) groups is 1. The van der Waals surface area contributed by atoms with Crippen molar-refractivity contribution in [1.82, 2.24) is 4.57 Å². The number of benzene rings is 5. The first-order chi connectivity index (χ1) is 29.2. The van der Waals surface area contributed by atoms with Crippen LogP contribution in [0.1, 0.15) is 12.6 Å². The van der Waals surface area contributed by atoms with E-state index in [1.807, 2.05) is 85.8 Å². The van der Waals surface area contributed by atoms with Crippen LogP contribution in [0.2, 0.25) is 5.02 Å². The van der Waals surface area contributed by atoms with Crippen molar-refractivity contribution in [3.8, 4) is 22.4 Å². The first-order valence-corrected chi connectivity index (χ1v) is 24.8. The van der Waals surface area contributed by atoms with Gasteiger partial charge in [-0.2, -0.15) is 13.2 Å². The van der Waals surface area contributed by atoms with Gasteiger partial charge < -0.3 is 24.4 Å². The largest absolute Gasteiger partial charge is 0.501 e. The minimum atomic E-state index is -5.61. The van der Waals surface area contributed by atoms with Crippen molar-refractivity contribution in [2.45, 2.75) is 45.5 Å². The van der Waals surface area contributed by atoms with E-state index in [4.69, 9.17) is 11.6 Å². The average Bonchev–Trinajstić information content (AvgIpc) is 3.57. The van der Waals surface area contributed by atoms with E-state index in [1.54, 1.807) is 12.3 Å². The van der Waals surface area contributed by atoms with Gasteiger partial charge in [-0.1, -0.05) is 54.1 Å². The minimum Gasteiger partial charge on any atom is -0.383 e. The van der Waals surface area contributed by atoms with Crippen LogP contribution < -0.4 is 19.8 Å². The van der Waals surface area contributed by atoms with Gasteiger partial charge in [-0.05, 0) is 116 Å². The van der Waals surface area contributed by atoms with Crippen molar-refractivity contribution in [1.29, 1.82) is 0 Å². The molecule has 1 saturated heterocycles. The Morgan fingerprint density at radius 2 is 1.46 bits per heavy atom. The number of piperazine rings is 1. The quantitative estimate of drug-likeness (QED) is 0.0594. The van der Waals surface area contributed by atoms with Gasteiger partial charge >= 0.3 is 5.51 Å². The molecule has 1 aliphatic rings. The molecule has 16 heteroatoms. The highest BCUT2D eigenvalue weighted by molar-refractivity contribution is 8.00. The highest BCUT2D eigenvalue weighted by Crippen LogP contribution is 2.43. The lowest BCUT2D eigenvalue weighted by molar-refractivity contribution is -0.0435. The molecule has 61 heavy (non-hydrogen) atoms. The standard InChI is InChI=1S/C45H45ClF3N5O3S4/c1-4-54-31(2)44(60(3)55)42(43(54)32-13-15-34(46)16-14-32)33-9-8-10-37(29-33)53-26-24-52(25-27-53)36-19-17-35(18-20-36)51-59-39-21-22-40(41(30-39)61(56,57)45(47,48)49)50-23-28-58-38-11-6-5-7-12-38/h5-22,29-30,50-51H,4,23-28H2,1-3H3. The van der Waals surface area contributed by atoms with Gasteiger partial charge in [0.25, 0.3) is 9.84 Å². The molecule has 0 amide bonds. The summed E-state index contributed by atoms with van der Waals surface area (Å²) >= 11 is 8.81. The monoisotopic (exact) mass is 923 g/mol. The second kappa shape index (κ2) is 19.2. The minimum absolute atomic E-state index is 0.0964. The molecular weight excluding hydrogens is 879 g/mol. The summed E-state index contributed by atoms with van der Waals surface area (Å²) in [7, 11) is -6.83. The van der Waals surface area contributed by atoms with E-state index in [0.29, 0.717) is 21.4 Å². The molecule has 320 valence electrons. The fourth-order valence-electron chi connectivity index (χ4n) is 7.51. The molecule has 0 radical (unpaired) electrons. The molecular formula is C45H45ClF3N5O3S4. The first-order valence-electron chi connectivity index (χ1n) is 19.6. The van der Waals surface area contributed by atoms with E-state index in [0.717, 1.165) is 100.0 Å². The maximum absolute atomic E-state index is 13.7. The molecule has 1 atom stereocenters. The lowest BCUT2D eigenvalue weighted by Gasteiger charge is -2.37. The Labute approximate surface area is 371 Å². The van der Waals surface area contributed by atoms with Crippen LogP contribution in [0.4, 0.5) is 35.9 Å². The Bertz CT molecular complexity index is 2600. The molecule has 1 aromatic heterocycles. The summed E-state index contributed by atoms with van der Waals surface area (Å²) in [5, 5.41) is 3.55. The number of halogens is 4. The Morgan fingerprint density at radius 1 is 0.787 bits per heavy atom. The number of anilines is 4. The molecule has 5 aromatic carbocycles. The maximum Gasteiger partial charge on any atom is 0.501 e. The predicted molar refractivity (Wildman–Crippen MR) is 249 cm³/mol. The van der Waals surface area contributed by atoms with Gasteiger partial charge in [-0.3, -0.25) is 4.21 Å². The third-order valence-corrected chi connectivity index (χ3v) is 15.2. The lowest BCUT2D eigenvalue weighted by atomic mass is 10.00. The molecule has 0 bridgehead atoms. The van der Waals surface area contributed by atoms with Crippen molar-refractivity contribution in [2.75, 3.05) is 64.6 Å². The summed E-state index contributed by atoms with van der Waals surface area (Å²) < 4.78 is 85.1. The van der Waals surface area contributed by atoms with Crippen LogP contribution in [0, 0.1) is 6.92 Å². The van der Waals surface area contributed by atoms with Gasteiger partial charge in [0.2, 0.25) is 0 Å². The average molecular weight is 925 g/mol. The fraction of sp³-hybridized carbons (Fsp3) is 0.244. The van der Waals surface area contributed by atoms with E-state index >= 15 is 0 Å². The highest BCUT2D eigenvalue weighted by Gasteiger charge is 2.48. The summed E-state index contributed by atoms with van der Waals surface area (Å²) in [5.41, 5.74) is 2.28. The fourth-order valence-corrected chi connectivity index (χ4v) is 11.2. The van der Waals surface area contributed by atoms with E-state index < -0.39 is 31.0 Å². The second-order valence-electron chi connectivity index (χ2n) is 14.3. The Hall–Kier alpha value is -4.54. The Kier molecular flexibility index (Phi) is 14.0. The van der Waals surface area contributed by atoms with Crippen molar-refractivity contribution in [2.24, 2.45) is 0 Å². The third kappa shape index (κ3) is 10.1. The SMILES string of the molecule is CCn1c(C)c(S(C)=O)c(-c2cccc(N3CCN(c4ccc(NSc5ccc(NCCSc6ccccc6)c(S(=O)(=O)C(F)(F)F)c5)cc4)CC3)c2)c1-c1ccc(Cl)cc1. The smallest absolute Gasteiger partial charge is 0.383 e. The number of sulfone groups is 1. The summed E-state index contributed by atoms with van der Waals surface area (Å²) in [6, 6.07) is 37.6. The molecule has 7 rings (SSSR count). The molecule has 2 heterocycles. The first kappa shape index (κ1) is 44.5. The molecule has 0 spiro atoms. The number of rotatable bonds is 15. The summed E-state index contributed by atoms with van der Waals surface area (Å²) in [6.07, 6.45) is 1.74. The van der Waals surface area contributed by atoms with Crippen LogP contribution in [-0.4, -0.2) is 67.4 Å². The van der Waals surface area contributed by atoms with Crippen molar-refractivity contribution in [3.63, 3.8) is 0 Å². The van der Waals surface area contributed by atoms with Gasteiger partial charge in [0.1, 0.15) is 4.90 Å². The molecule has 0 aliphatic carbocycles. The van der Waals surface area contributed by atoms with Gasteiger partial charge in [0.05, 0.1) is 27.1 Å². The van der Waals surface area contributed by atoms with Crippen LogP contribution >= 0.6 is 35.3 Å². The van der Waals surface area contributed by atoms with Crippen LogP contribution in [0.5, 0.6) is 0 Å². The van der Waals surface area contributed by atoms with Gasteiger partial charge in [-0.25, -0.2) is 8.42 Å². The normalized spacial score (nSPS) is 14.0. The predicted octanol–water partition coefficient (Wildman–Crippen LogP) is 11.5. The maximum atomic E-state index is 13.7. The Morgan fingerprint density at radius 3 is 2.10 bits per heavy atom. The summed E-state index contributed by atoms with van der Waals surface area (Å²) in [4.78, 5) is 6.00. The number of alkyl halides is 3. The number of nitrogens with zero attached hydrogens (tertiary/aromatic N) is 3. The zero-order valence-electron chi connectivity index (χ0n) is 33.7. The van der Waals surface area contributed by atoms with Crippen LogP contribution in [0.15, 0.2) is 141 Å². The van der Waals surface area contributed by atoms with Crippen molar-refractivity contribution in [3.05, 3.63) is 132 Å². The van der Waals surface area contributed by atoms with Crippen LogP contribution in [-0.2, 0) is 27.2 Å². The summed E-state index contributed by atoms with van der Waals surface area (Å²) in [5.74, 6) is 0.527. The molecule has 6 aromatic rings. The summed E-state index contributed by atoms with van der Waals surface area (Å²) in [6.45, 7) is 8.24. The van der Waals surface area contributed by atoms with Gasteiger partial charge in [0, 0.05) is 94.4 Å². The van der Waals surface area contributed by atoms with Crippen molar-refractivity contribution >= 4 is 78.7 Å². The molecule has 8 nitrogen and oxygen atoms in total. The van der Waals surface area contributed by atoms with E-state index in [2.05, 4.69) is 55.6 Å². The molecule has 2 N–H and O–H groups in total. The highest BCUT2D eigenvalue weighted by atomic mass is 35.5.